The summed E-state index contributed by atoms with van der Waals surface area (Å²) in [5.41, 5.74) is 0.746. The minimum Gasteiger partial charge on any atom is -0.451 e. The molecule has 0 radical (unpaired) electrons. The van der Waals surface area contributed by atoms with Gasteiger partial charge in [0.05, 0.1) is 6.54 Å². The summed E-state index contributed by atoms with van der Waals surface area (Å²) in [6.07, 6.45) is 0. The lowest BCUT2D eigenvalue weighted by molar-refractivity contribution is 0.0757. The molecule has 3 aromatic rings. The Balaban J connectivity index is 1.82. The number of para-hydroxylation sites is 1. The van der Waals surface area contributed by atoms with Gasteiger partial charge in [-0.25, -0.2) is 0 Å². The second kappa shape index (κ2) is 4.90. The Hall–Kier alpha value is -2.07. The van der Waals surface area contributed by atoms with Crippen molar-refractivity contribution >= 4 is 28.2 Å². The molecule has 0 aliphatic rings. The topological polar surface area (TPSA) is 33.5 Å². The lowest BCUT2D eigenvalue weighted by Crippen LogP contribution is -2.25. The first-order valence-corrected chi connectivity index (χ1v) is 6.88. The third-order valence-electron chi connectivity index (χ3n) is 2.96. The molecule has 0 aliphatic heterocycles. The number of rotatable bonds is 3. The second-order valence-corrected chi connectivity index (χ2v) is 5.42. The number of fused-ring (bicyclic) bond motifs is 1. The molecule has 0 bridgehead atoms. The summed E-state index contributed by atoms with van der Waals surface area (Å²) < 4.78 is 5.58. The van der Waals surface area contributed by atoms with Crippen LogP contribution in [-0.4, -0.2) is 17.9 Å². The molecule has 1 aromatic carbocycles. The van der Waals surface area contributed by atoms with Crippen LogP contribution in [0.15, 0.2) is 52.3 Å². The molecule has 3 rings (SSSR count). The lowest BCUT2D eigenvalue weighted by Gasteiger charge is -2.14. The third kappa shape index (κ3) is 2.39. The highest BCUT2D eigenvalue weighted by atomic mass is 32.1. The van der Waals surface area contributed by atoms with Crippen LogP contribution in [0.5, 0.6) is 0 Å². The van der Waals surface area contributed by atoms with Crippen LogP contribution < -0.4 is 0 Å². The highest BCUT2D eigenvalue weighted by molar-refractivity contribution is 7.09. The van der Waals surface area contributed by atoms with Crippen LogP contribution >= 0.6 is 11.3 Å². The zero-order valence-corrected chi connectivity index (χ0v) is 11.3. The largest absolute Gasteiger partial charge is 0.451 e. The van der Waals surface area contributed by atoms with Crippen LogP contribution in [0, 0.1) is 0 Å². The van der Waals surface area contributed by atoms with Crippen LogP contribution in [0.2, 0.25) is 0 Å². The molecule has 0 saturated heterocycles. The molecule has 2 aromatic heterocycles. The van der Waals surface area contributed by atoms with E-state index in [-0.39, 0.29) is 5.91 Å². The smallest absolute Gasteiger partial charge is 0.289 e. The average molecular weight is 271 g/mol. The van der Waals surface area contributed by atoms with Crippen LogP contribution in [0.4, 0.5) is 0 Å². The van der Waals surface area contributed by atoms with Crippen molar-refractivity contribution < 1.29 is 9.21 Å². The Morgan fingerprint density at radius 3 is 2.84 bits per heavy atom. The van der Waals surface area contributed by atoms with E-state index < -0.39 is 0 Å². The van der Waals surface area contributed by atoms with Crippen LogP contribution in [0.3, 0.4) is 0 Å². The highest BCUT2D eigenvalue weighted by Gasteiger charge is 2.17. The SMILES string of the molecule is CN(Cc1cccs1)C(=O)c1cc2ccccc2o1. The van der Waals surface area contributed by atoms with E-state index in [1.54, 1.807) is 29.4 Å². The molecule has 0 saturated carbocycles. The fourth-order valence-electron chi connectivity index (χ4n) is 1.98. The summed E-state index contributed by atoms with van der Waals surface area (Å²) in [5, 5.41) is 2.96. The summed E-state index contributed by atoms with van der Waals surface area (Å²) in [5.74, 6) is 0.296. The molecule has 0 unspecified atom stereocenters. The van der Waals surface area contributed by atoms with Crippen molar-refractivity contribution in [3.63, 3.8) is 0 Å². The number of carbonyl (C=O) groups is 1. The van der Waals surface area contributed by atoms with Crippen molar-refractivity contribution in [1.29, 1.82) is 0 Å². The first kappa shape index (κ1) is 12.0. The van der Waals surface area contributed by atoms with Gasteiger partial charge < -0.3 is 9.32 Å². The molecule has 96 valence electrons. The summed E-state index contributed by atoms with van der Waals surface area (Å²) >= 11 is 1.64. The fourth-order valence-corrected chi connectivity index (χ4v) is 2.74. The monoisotopic (exact) mass is 271 g/mol. The van der Waals surface area contributed by atoms with E-state index in [1.807, 2.05) is 41.8 Å². The van der Waals surface area contributed by atoms with Crippen molar-refractivity contribution in [3.05, 3.63) is 58.5 Å². The number of benzene rings is 1. The van der Waals surface area contributed by atoms with E-state index in [0.717, 1.165) is 15.8 Å². The summed E-state index contributed by atoms with van der Waals surface area (Å²) in [4.78, 5) is 15.1. The number of furan rings is 1. The van der Waals surface area contributed by atoms with Crippen molar-refractivity contribution in [3.8, 4) is 0 Å². The Morgan fingerprint density at radius 1 is 1.26 bits per heavy atom. The Kier molecular flexibility index (Phi) is 3.09. The predicted molar refractivity (Wildman–Crippen MR) is 76.3 cm³/mol. The van der Waals surface area contributed by atoms with Gasteiger partial charge in [0.25, 0.3) is 5.91 Å². The third-order valence-corrected chi connectivity index (χ3v) is 3.82. The maximum absolute atomic E-state index is 12.3. The van der Waals surface area contributed by atoms with E-state index in [4.69, 9.17) is 4.42 Å². The van der Waals surface area contributed by atoms with Gasteiger partial charge in [0, 0.05) is 17.3 Å². The van der Waals surface area contributed by atoms with Crippen molar-refractivity contribution in [2.75, 3.05) is 7.05 Å². The molecular formula is C15H13NO2S. The van der Waals surface area contributed by atoms with Crippen LogP contribution in [-0.2, 0) is 6.54 Å². The molecule has 0 fully saturated rings. The number of thiophene rings is 1. The molecule has 0 spiro atoms. The summed E-state index contributed by atoms with van der Waals surface area (Å²) in [6, 6.07) is 13.4. The van der Waals surface area contributed by atoms with E-state index >= 15 is 0 Å². The van der Waals surface area contributed by atoms with Gasteiger partial charge >= 0.3 is 0 Å². The molecular weight excluding hydrogens is 258 g/mol. The predicted octanol–water partition coefficient (Wildman–Crippen LogP) is 3.77. The number of hydrogen-bond donors (Lipinski definition) is 0. The first-order valence-electron chi connectivity index (χ1n) is 6.00. The number of carbonyl (C=O) groups excluding carboxylic acids is 1. The van der Waals surface area contributed by atoms with E-state index in [0.29, 0.717) is 12.3 Å². The van der Waals surface area contributed by atoms with Crippen molar-refractivity contribution in [2.45, 2.75) is 6.54 Å². The molecule has 4 heteroatoms. The maximum atomic E-state index is 12.3. The van der Waals surface area contributed by atoms with Crippen molar-refractivity contribution in [1.82, 2.24) is 4.90 Å². The number of hydrogen-bond acceptors (Lipinski definition) is 3. The quantitative estimate of drug-likeness (QED) is 0.726. The Bertz CT molecular complexity index is 667. The molecule has 1 amide bonds. The van der Waals surface area contributed by atoms with Gasteiger partial charge in [-0.2, -0.15) is 0 Å². The van der Waals surface area contributed by atoms with Gasteiger partial charge in [0.15, 0.2) is 5.76 Å². The van der Waals surface area contributed by atoms with Gasteiger partial charge in [-0.05, 0) is 23.6 Å². The molecule has 0 aliphatic carbocycles. The number of nitrogens with zero attached hydrogens (tertiary/aromatic N) is 1. The summed E-state index contributed by atoms with van der Waals surface area (Å²) in [6.45, 7) is 0.605. The van der Waals surface area contributed by atoms with Gasteiger partial charge in [-0.3, -0.25) is 4.79 Å². The minimum absolute atomic E-state index is 0.0930. The maximum Gasteiger partial charge on any atom is 0.289 e. The minimum atomic E-state index is -0.0930. The molecule has 3 nitrogen and oxygen atoms in total. The Labute approximate surface area is 115 Å². The van der Waals surface area contributed by atoms with Gasteiger partial charge in [0.2, 0.25) is 0 Å². The van der Waals surface area contributed by atoms with E-state index in [2.05, 4.69) is 0 Å². The normalized spacial score (nSPS) is 10.8. The van der Waals surface area contributed by atoms with Crippen LogP contribution in [0.25, 0.3) is 11.0 Å². The standard InChI is InChI=1S/C15H13NO2S/c1-16(10-12-6-4-8-19-12)15(17)14-9-11-5-2-3-7-13(11)18-14/h2-9H,10H2,1H3. The second-order valence-electron chi connectivity index (χ2n) is 4.39. The fraction of sp³-hybridized carbons (Fsp3) is 0.133. The highest BCUT2D eigenvalue weighted by Crippen LogP contribution is 2.20. The Morgan fingerprint density at radius 2 is 2.11 bits per heavy atom. The van der Waals surface area contributed by atoms with Gasteiger partial charge in [0.1, 0.15) is 5.58 Å². The van der Waals surface area contributed by atoms with E-state index in [1.165, 1.54) is 0 Å². The molecule has 0 N–H and O–H groups in total. The van der Waals surface area contributed by atoms with E-state index in [9.17, 15) is 4.79 Å². The lowest BCUT2D eigenvalue weighted by atomic mass is 10.2. The molecule has 0 atom stereocenters. The number of amides is 1. The van der Waals surface area contributed by atoms with Gasteiger partial charge in [-0.1, -0.05) is 24.3 Å². The van der Waals surface area contributed by atoms with Gasteiger partial charge in [-0.15, -0.1) is 11.3 Å². The first-order chi connectivity index (χ1) is 9.24. The zero-order chi connectivity index (χ0) is 13.2. The average Bonchev–Trinajstić information content (AvgIpc) is 3.05. The summed E-state index contributed by atoms with van der Waals surface area (Å²) in [7, 11) is 1.79. The van der Waals surface area contributed by atoms with Crippen LogP contribution in [0.1, 0.15) is 15.4 Å². The zero-order valence-electron chi connectivity index (χ0n) is 10.5. The molecule has 2 heterocycles. The van der Waals surface area contributed by atoms with Crippen molar-refractivity contribution in [2.24, 2.45) is 0 Å². The molecule has 19 heavy (non-hydrogen) atoms.